The molecule has 0 saturated carbocycles. The normalized spacial score (nSPS) is 10.7. The minimum atomic E-state index is -0.903. The second-order valence-corrected chi connectivity index (χ2v) is 4.75. The molecule has 0 aliphatic carbocycles. The molecule has 84 valence electrons. The molecule has 4 nitrogen and oxygen atoms in total. The lowest BCUT2D eigenvalue weighted by Gasteiger charge is -2.21. The Morgan fingerprint density at radius 3 is 2.73 bits per heavy atom. The Morgan fingerprint density at radius 2 is 2.33 bits per heavy atom. The van der Waals surface area contributed by atoms with Gasteiger partial charge in [-0.15, -0.1) is 0 Å². The molecule has 0 amide bonds. The predicted molar refractivity (Wildman–Crippen MR) is 61.8 cm³/mol. The molecule has 0 atom stereocenters. The van der Waals surface area contributed by atoms with E-state index in [-0.39, 0.29) is 0 Å². The van der Waals surface area contributed by atoms with Crippen molar-refractivity contribution in [1.82, 2.24) is 4.98 Å². The van der Waals surface area contributed by atoms with Crippen molar-refractivity contribution in [3.05, 3.63) is 11.1 Å². The van der Waals surface area contributed by atoms with Crippen molar-refractivity contribution in [3.8, 4) is 0 Å². The summed E-state index contributed by atoms with van der Waals surface area (Å²) in [4.78, 5) is 17.2. The highest BCUT2D eigenvalue weighted by molar-refractivity contribution is 7.17. The average molecular weight is 228 g/mol. The van der Waals surface area contributed by atoms with Crippen LogP contribution >= 0.6 is 11.3 Å². The standard InChI is InChI=1S/C10H16N2O2S/c1-4-12(6-7(2)3)10-11-5-8(15-10)9(13)14/h5,7H,4,6H2,1-3H3,(H,13,14). The van der Waals surface area contributed by atoms with Gasteiger partial charge in [0.15, 0.2) is 5.13 Å². The van der Waals surface area contributed by atoms with Crippen molar-refractivity contribution in [2.24, 2.45) is 5.92 Å². The summed E-state index contributed by atoms with van der Waals surface area (Å²) in [6.07, 6.45) is 1.42. The van der Waals surface area contributed by atoms with Gasteiger partial charge in [0.2, 0.25) is 0 Å². The number of carboxylic acids is 1. The molecule has 5 heteroatoms. The lowest BCUT2D eigenvalue weighted by atomic mass is 10.2. The summed E-state index contributed by atoms with van der Waals surface area (Å²) in [7, 11) is 0. The van der Waals surface area contributed by atoms with E-state index in [0.717, 1.165) is 18.2 Å². The van der Waals surface area contributed by atoms with Gasteiger partial charge in [-0.3, -0.25) is 0 Å². The summed E-state index contributed by atoms with van der Waals surface area (Å²) in [5.74, 6) is -0.360. The molecule has 0 fully saturated rings. The smallest absolute Gasteiger partial charge is 0.347 e. The van der Waals surface area contributed by atoms with Gasteiger partial charge in [-0.1, -0.05) is 25.2 Å². The molecular formula is C10H16N2O2S. The van der Waals surface area contributed by atoms with Gasteiger partial charge in [0.05, 0.1) is 6.20 Å². The van der Waals surface area contributed by atoms with E-state index in [9.17, 15) is 4.79 Å². The maximum atomic E-state index is 10.7. The fraction of sp³-hybridized carbons (Fsp3) is 0.600. The van der Waals surface area contributed by atoms with Crippen molar-refractivity contribution < 1.29 is 9.90 Å². The van der Waals surface area contributed by atoms with Gasteiger partial charge in [-0.05, 0) is 12.8 Å². The number of aromatic carboxylic acids is 1. The Balaban J connectivity index is 2.78. The molecule has 0 unspecified atom stereocenters. The molecule has 0 aliphatic rings. The number of anilines is 1. The molecule has 15 heavy (non-hydrogen) atoms. The van der Waals surface area contributed by atoms with E-state index in [2.05, 4.69) is 23.7 Å². The fourth-order valence-corrected chi connectivity index (χ4v) is 2.12. The lowest BCUT2D eigenvalue weighted by molar-refractivity contribution is 0.0702. The van der Waals surface area contributed by atoms with Crippen LogP contribution in [0.1, 0.15) is 30.4 Å². The molecule has 0 aromatic carbocycles. The van der Waals surface area contributed by atoms with Crippen LogP contribution in [0.2, 0.25) is 0 Å². The van der Waals surface area contributed by atoms with Crippen LogP contribution in [0.5, 0.6) is 0 Å². The zero-order valence-electron chi connectivity index (χ0n) is 9.23. The van der Waals surface area contributed by atoms with Crippen LogP contribution in [0.25, 0.3) is 0 Å². The SMILES string of the molecule is CCN(CC(C)C)c1ncc(C(=O)O)s1. The third-order valence-corrected chi connectivity index (χ3v) is 2.99. The van der Waals surface area contributed by atoms with E-state index >= 15 is 0 Å². The first-order valence-electron chi connectivity index (χ1n) is 4.98. The van der Waals surface area contributed by atoms with E-state index in [1.807, 2.05) is 6.92 Å². The van der Waals surface area contributed by atoms with Crippen molar-refractivity contribution >= 4 is 22.4 Å². The molecule has 0 aliphatic heterocycles. The van der Waals surface area contributed by atoms with E-state index in [1.54, 1.807) is 0 Å². The van der Waals surface area contributed by atoms with E-state index in [0.29, 0.717) is 10.8 Å². The van der Waals surface area contributed by atoms with Gasteiger partial charge in [0.1, 0.15) is 4.88 Å². The number of carboxylic acid groups (broad SMARTS) is 1. The second kappa shape index (κ2) is 5.11. The van der Waals surface area contributed by atoms with E-state index in [4.69, 9.17) is 5.11 Å². The molecule has 0 spiro atoms. The molecule has 1 N–H and O–H groups in total. The molecule has 1 rings (SSSR count). The molecule has 0 radical (unpaired) electrons. The Kier molecular flexibility index (Phi) is 4.08. The van der Waals surface area contributed by atoms with Crippen molar-refractivity contribution in [2.75, 3.05) is 18.0 Å². The van der Waals surface area contributed by atoms with Crippen LogP contribution in [0.4, 0.5) is 5.13 Å². The van der Waals surface area contributed by atoms with Crippen molar-refractivity contribution in [2.45, 2.75) is 20.8 Å². The fourth-order valence-electron chi connectivity index (χ4n) is 1.29. The number of nitrogens with zero attached hydrogens (tertiary/aromatic N) is 2. The van der Waals surface area contributed by atoms with Crippen molar-refractivity contribution in [1.29, 1.82) is 0 Å². The summed E-state index contributed by atoms with van der Waals surface area (Å²) in [5, 5.41) is 9.58. The van der Waals surface area contributed by atoms with Crippen molar-refractivity contribution in [3.63, 3.8) is 0 Å². The monoisotopic (exact) mass is 228 g/mol. The van der Waals surface area contributed by atoms with Crippen LogP contribution in [-0.4, -0.2) is 29.1 Å². The Bertz CT molecular complexity index is 336. The van der Waals surface area contributed by atoms with Gasteiger partial charge in [-0.25, -0.2) is 9.78 Å². The first kappa shape index (κ1) is 12.0. The lowest BCUT2D eigenvalue weighted by Crippen LogP contribution is -2.26. The first-order chi connectivity index (χ1) is 7.04. The van der Waals surface area contributed by atoms with Crippen LogP contribution < -0.4 is 4.90 Å². The number of hydrogen-bond donors (Lipinski definition) is 1. The van der Waals surface area contributed by atoms with Gasteiger partial charge >= 0.3 is 5.97 Å². The third kappa shape index (κ3) is 3.20. The number of rotatable bonds is 5. The number of aromatic nitrogens is 1. The summed E-state index contributed by atoms with van der Waals surface area (Å²) in [6.45, 7) is 8.07. The van der Waals surface area contributed by atoms with Crippen LogP contribution in [-0.2, 0) is 0 Å². The largest absolute Gasteiger partial charge is 0.477 e. The van der Waals surface area contributed by atoms with Crippen LogP contribution in [0.3, 0.4) is 0 Å². The zero-order valence-corrected chi connectivity index (χ0v) is 10.0. The highest BCUT2D eigenvalue weighted by Crippen LogP contribution is 2.22. The summed E-state index contributed by atoms with van der Waals surface area (Å²) < 4.78 is 0. The summed E-state index contributed by atoms with van der Waals surface area (Å²) in [5.41, 5.74) is 0. The molecule has 0 bridgehead atoms. The first-order valence-corrected chi connectivity index (χ1v) is 5.80. The van der Waals surface area contributed by atoms with Crippen LogP contribution in [0, 0.1) is 5.92 Å². The number of thiazole rings is 1. The third-order valence-electron chi connectivity index (χ3n) is 1.94. The minimum Gasteiger partial charge on any atom is -0.477 e. The average Bonchev–Trinajstić information content (AvgIpc) is 2.62. The number of hydrogen-bond acceptors (Lipinski definition) is 4. The van der Waals surface area contributed by atoms with Crippen LogP contribution in [0.15, 0.2) is 6.20 Å². The molecule has 1 aromatic rings. The van der Waals surface area contributed by atoms with Gasteiger partial charge in [0.25, 0.3) is 0 Å². The van der Waals surface area contributed by atoms with Gasteiger partial charge in [-0.2, -0.15) is 0 Å². The quantitative estimate of drug-likeness (QED) is 0.840. The topological polar surface area (TPSA) is 53.4 Å². The maximum absolute atomic E-state index is 10.7. The summed E-state index contributed by atoms with van der Waals surface area (Å²) >= 11 is 1.23. The minimum absolute atomic E-state index is 0.298. The Hall–Kier alpha value is -1.10. The van der Waals surface area contributed by atoms with E-state index < -0.39 is 5.97 Å². The maximum Gasteiger partial charge on any atom is 0.347 e. The Labute approximate surface area is 93.6 Å². The van der Waals surface area contributed by atoms with E-state index in [1.165, 1.54) is 17.5 Å². The van der Waals surface area contributed by atoms with Gasteiger partial charge < -0.3 is 10.0 Å². The molecule has 1 heterocycles. The molecule has 1 aromatic heterocycles. The highest BCUT2D eigenvalue weighted by Gasteiger charge is 2.13. The summed E-state index contributed by atoms with van der Waals surface area (Å²) in [6, 6.07) is 0. The molecular weight excluding hydrogens is 212 g/mol. The predicted octanol–water partition coefficient (Wildman–Crippen LogP) is 2.32. The Morgan fingerprint density at radius 1 is 1.67 bits per heavy atom. The second-order valence-electron chi connectivity index (χ2n) is 3.74. The number of carbonyl (C=O) groups is 1. The van der Waals surface area contributed by atoms with Gasteiger partial charge in [0, 0.05) is 13.1 Å². The highest BCUT2D eigenvalue weighted by atomic mass is 32.1. The zero-order chi connectivity index (χ0) is 11.4. The molecule has 0 saturated heterocycles.